The number of aryl methyl sites for hydroxylation is 1. The Morgan fingerprint density at radius 3 is 2.56 bits per heavy atom. The fraction of sp³-hybridized carbons (Fsp3) is 0.400. The molecule has 7 heteroatoms. The highest BCUT2D eigenvalue weighted by molar-refractivity contribution is 5.74. The van der Waals surface area contributed by atoms with E-state index in [4.69, 9.17) is 0 Å². The smallest absolute Gasteiger partial charge is 0.330 e. The Labute approximate surface area is 155 Å². The molecule has 3 heterocycles. The van der Waals surface area contributed by atoms with Crippen LogP contribution in [0, 0.1) is 0 Å². The van der Waals surface area contributed by atoms with E-state index >= 15 is 0 Å². The number of piperidine rings is 1. The number of hydrogen-bond donors (Lipinski definition) is 0. The first-order chi connectivity index (χ1) is 12.9. The van der Waals surface area contributed by atoms with Crippen molar-refractivity contribution in [2.75, 3.05) is 13.1 Å². The minimum absolute atomic E-state index is 0.0521. The third kappa shape index (κ3) is 3.56. The molecule has 2 aromatic heterocycles. The Morgan fingerprint density at radius 2 is 1.85 bits per heavy atom. The number of benzene rings is 1. The summed E-state index contributed by atoms with van der Waals surface area (Å²) in [5, 5.41) is 0. The predicted molar refractivity (Wildman–Crippen MR) is 97.2 cm³/mol. The van der Waals surface area contributed by atoms with Gasteiger partial charge in [0.05, 0.1) is 23.8 Å². The van der Waals surface area contributed by atoms with Gasteiger partial charge in [-0.05, 0) is 49.5 Å². The van der Waals surface area contributed by atoms with E-state index in [0.717, 1.165) is 42.8 Å². The second kappa shape index (κ2) is 6.96. The standard InChI is InChI=1S/C20H21F3N4/c1-26-18-6-9-24-12-17(18)25-19(26)13-27-10-7-14(8-11-27)15-4-2-3-5-16(15)20(21,22)23/h2-6,9,12,14H,7-8,10-11,13H2,1H3. The number of hydrogen-bond acceptors (Lipinski definition) is 3. The molecule has 1 aliphatic heterocycles. The molecule has 0 N–H and O–H groups in total. The van der Waals surface area contributed by atoms with Crippen molar-refractivity contribution in [3.05, 3.63) is 59.7 Å². The van der Waals surface area contributed by atoms with Crippen molar-refractivity contribution in [1.29, 1.82) is 0 Å². The molecular formula is C20H21F3N4. The van der Waals surface area contributed by atoms with Gasteiger partial charge < -0.3 is 4.57 Å². The van der Waals surface area contributed by atoms with Gasteiger partial charge in [0.2, 0.25) is 0 Å². The summed E-state index contributed by atoms with van der Waals surface area (Å²) in [4.78, 5) is 11.0. The molecule has 1 saturated heterocycles. The van der Waals surface area contributed by atoms with Crippen LogP contribution in [-0.4, -0.2) is 32.5 Å². The van der Waals surface area contributed by atoms with Crippen LogP contribution in [0.15, 0.2) is 42.7 Å². The van der Waals surface area contributed by atoms with Crippen LogP contribution in [-0.2, 0) is 19.8 Å². The van der Waals surface area contributed by atoms with Crippen molar-refractivity contribution < 1.29 is 13.2 Å². The summed E-state index contributed by atoms with van der Waals surface area (Å²) in [6.07, 6.45) is 0.641. The number of rotatable bonds is 3. The van der Waals surface area contributed by atoms with Gasteiger partial charge in [-0.2, -0.15) is 13.2 Å². The van der Waals surface area contributed by atoms with Gasteiger partial charge in [0.15, 0.2) is 0 Å². The van der Waals surface area contributed by atoms with Gasteiger partial charge in [0.1, 0.15) is 11.3 Å². The number of aromatic nitrogens is 3. The lowest BCUT2D eigenvalue weighted by molar-refractivity contribution is -0.138. The molecule has 27 heavy (non-hydrogen) atoms. The van der Waals surface area contributed by atoms with Crippen LogP contribution >= 0.6 is 0 Å². The van der Waals surface area contributed by atoms with Crippen LogP contribution < -0.4 is 0 Å². The van der Waals surface area contributed by atoms with Crippen molar-refractivity contribution in [3.63, 3.8) is 0 Å². The zero-order chi connectivity index (χ0) is 19.0. The zero-order valence-electron chi connectivity index (χ0n) is 15.1. The molecule has 0 amide bonds. The average molecular weight is 374 g/mol. The predicted octanol–water partition coefficient (Wildman–Crippen LogP) is 4.37. The van der Waals surface area contributed by atoms with E-state index in [2.05, 4.69) is 19.4 Å². The van der Waals surface area contributed by atoms with Gasteiger partial charge in [-0.25, -0.2) is 4.98 Å². The zero-order valence-corrected chi connectivity index (χ0v) is 15.1. The van der Waals surface area contributed by atoms with E-state index in [9.17, 15) is 13.2 Å². The lowest BCUT2D eigenvalue weighted by atomic mass is 9.86. The van der Waals surface area contributed by atoms with Crippen LogP contribution in [0.3, 0.4) is 0 Å². The van der Waals surface area contributed by atoms with E-state index in [1.165, 1.54) is 12.1 Å². The van der Waals surface area contributed by atoms with Gasteiger partial charge >= 0.3 is 6.18 Å². The molecule has 4 nitrogen and oxygen atoms in total. The summed E-state index contributed by atoms with van der Waals surface area (Å²) in [6.45, 7) is 2.22. The molecule has 1 aliphatic rings. The molecular weight excluding hydrogens is 353 g/mol. The Hall–Kier alpha value is -2.41. The first-order valence-corrected chi connectivity index (χ1v) is 9.07. The summed E-state index contributed by atoms with van der Waals surface area (Å²) >= 11 is 0. The van der Waals surface area contributed by atoms with Crippen LogP contribution in [0.2, 0.25) is 0 Å². The second-order valence-corrected chi connectivity index (χ2v) is 7.09. The molecule has 0 atom stereocenters. The number of likely N-dealkylation sites (tertiary alicyclic amines) is 1. The van der Waals surface area contributed by atoms with E-state index in [-0.39, 0.29) is 5.92 Å². The molecule has 1 fully saturated rings. The fourth-order valence-electron chi connectivity index (χ4n) is 3.96. The molecule has 0 unspecified atom stereocenters. The largest absolute Gasteiger partial charge is 0.416 e. The van der Waals surface area contributed by atoms with E-state index in [0.29, 0.717) is 12.1 Å². The van der Waals surface area contributed by atoms with E-state index in [1.54, 1.807) is 24.5 Å². The van der Waals surface area contributed by atoms with Crippen molar-refractivity contribution in [1.82, 2.24) is 19.4 Å². The molecule has 0 aliphatic carbocycles. The summed E-state index contributed by atoms with van der Waals surface area (Å²) in [5.41, 5.74) is 1.84. The minimum Gasteiger partial charge on any atom is -0.330 e. The van der Waals surface area contributed by atoms with Crippen LogP contribution in [0.4, 0.5) is 13.2 Å². The molecule has 1 aromatic carbocycles. The number of imidazole rings is 1. The van der Waals surface area contributed by atoms with Crippen LogP contribution in [0.5, 0.6) is 0 Å². The highest BCUT2D eigenvalue weighted by Crippen LogP contribution is 2.38. The Kier molecular flexibility index (Phi) is 4.63. The molecule has 3 aromatic rings. The second-order valence-electron chi connectivity index (χ2n) is 7.09. The number of nitrogens with zero attached hydrogens (tertiary/aromatic N) is 4. The molecule has 4 rings (SSSR count). The molecule has 142 valence electrons. The third-order valence-corrected chi connectivity index (χ3v) is 5.43. The van der Waals surface area contributed by atoms with Crippen molar-refractivity contribution in [3.8, 4) is 0 Å². The number of alkyl halides is 3. The lowest BCUT2D eigenvalue weighted by Gasteiger charge is -2.33. The number of halogens is 3. The van der Waals surface area contributed by atoms with Gasteiger partial charge in [-0.15, -0.1) is 0 Å². The van der Waals surface area contributed by atoms with E-state index in [1.807, 2.05) is 13.1 Å². The fourth-order valence-corrected chi connectivity index (χ4v) is 3.96. The Morgan fingerprint density at radius 1 is 1.11 bits per heavy atom. The molecule has 0 saturated carbocycles. The van der Waals surface area contributed by atoms with Crippen LogP contribution in [0.25, 0.3) is 11.0 Å². The molecule has 0 radical (unpaired) electrons. The summed E-state index contributed by atoms with van der Waals surface area (Å²) in [5.74, 6) is 0.899. The lowest BCUT2D eigenvalue weighted by Crippen LogP contribution is -2.33. The Balaban J connectivity index is 1.46. The quantitative estimate of drug-likeness (QED) is 0.683. The SMILES string of the molecule is Cn1c(CN2CCC(c3ccccc3C(F)(F)F)CC2)nc2cnccc21. The molecule has 0 bridgehead atoms. The van der Waals surface area contributed by atoms with Gasteiger partial charge in [-0.1, -0.05) is 18.2 Å². The van der Waals surface area contributed by atoms with Crippen molar-refractivity contribution in [2.45, 2.75) is 31.5 Å². The van der Waals surface area contributed by atoms with Gasteiger partial charge in [-0.3, -0.25) is 9.88 Å². The first kappa shape index (κ1) is 18.0. The average Bonchev–Trinajstić information content (AvgIpc) is 2.98. The highest BCUT2D eigenvalue weighted by Gasteiger charge is 2.35. The van der Waals surface area contributed by atoms with Gasteiger partial charge in [0.25, 0.3) is 0 Å². The highest BCUT2D eigenvalue weighted by atomic mass is 19.4. The monoisotopic (exact) mass is 374 g/mol. The van der Waals surface area contributed by atoms with Crippen LogP contribution in [0.1, 0.15) is 35.7 Å². The molecule has 0 spiro atoms. The number of fused-ring (bicyclic) bond motifs is 1. The third-order valence-electron chi connectivity index (χ3n) is 5.43. The summed E-state index contributed by atoms with van der Waals surface area (Å²) < 4.78 is 41.9. The normalized spacial score (nSPS) is 16.9. The van der Waals surface area contributed by atoms with Gasteiger partial charge in [0, 0.05) is 13.2 Å². The maximum Gasteiger partial charge on any atom is 0.416 e. The number of pyridine rings is 1. The van der Waals surface area contributed by atoms with Crippen molar-refractivity contribution >= 4 is 11.0 Å². The maximum atomic E-state index is 13.3. The topological polar surface area (TPSA) is 34.0 Å². The van der Waals surface area contributed by atoms with E-state index < -0.39 is 11.7 Å². The Bertz CT molecular complexity index is 940. The van der Waals surface area contributed by atoms with Crippen molar-refractivity contribution in [2.24, 2.45) is 7.05 Å². The summed E-state index contributed by atoms with van der Waals surface area (Å²) in [6, 6.07) is 7.91. The summed E-state index contributed by atoms with van der Waals surface area (Å²) in [7, 11) is 1.98. The minimum atomic E-state index is -4.30. The first-order valence-electron chi connectivity index (χ1n) is 9.07. The maximum absolute atomic E-state index is 13.3.